The first kappa shape index (κ1) is 21.7. The smallest absolute Gasteiger partial charge is 0.142 e. The van der Waals surface area contributed by atoms with Crippen molar-refractivity contribution in [1.29, 1.82) is 10.5 Å². The minimum atomic E-state index is 0.128. The SMILES string of the molecule is CCN1c2ccc(/C=C3/C(C)=C(C#N)c4nc(N)c(C#N)c(C)c43)cc2C(C)CC1(C)C. The van der Waals surface area contributed by atoms with Crippen LogP contribution in [0, 0.1) is 29.6 Å². The Labute approximate surface area is 190 Å². The van der Waals surface area contributed by atoms with Crippen LogP contribution in [0.3, 0.4) is 0 Å². The molecule has 1 aromatic heterocycles. The summed E-state index contributed by atoms with van der Waals surface area (Å²) in [7, 11) is 0. The number of pyridine rings is 1. The molecule has 1 unspecified atom stereocenters. The van der Waals surface area contributed by atoms with Crippen LogP contribution in [0.15, 0.2) is 23.8 Å². The maximum atomic E-state index is 9.79. The van der Waals surface area contributed by atoms with Gasteiger partial charge in [0.1, 0.15) is 18.0 Å². The first-order valence-corrected chi connectivity index (χ1v) is 11.1. The molecule has 1 atom stereocenters. The topological polar surface area (TPSA) is 89.7 Å². The highest BCUT2D eigenvalue weighted by molar-refractivity contribution is 6.08. The number of nitrogen functional groups attached to an aromatic ring is 1. The van der Waals surface area contributed by atoms with E-state index in [1.165, 1.54) is 11.3 Å². The molecule has 2 aliphatic rings. The highest BCUT2D eigenvalue weighted by Crippen LogP contribution is 2.46. The number of nitriles is 2. The van der Waals surface area contributed by atoms with Crippen LogP contribution in [-0.4, -0.2) is 17.1 Å². The van der Waals surface area contributed by atoms with E-state index in [4.69, 9.17) is 5.73 Å². The van der Waals surface area contributed by atoms with Gasteiger partial charge in [0.05, 0.1) is 16.8 Å². The molecule has 4 rings (SSSR count). The maximum absolute atomic E-state index is 9.79. The van der Waals surface area contributed by atoms with Gasteiger partial charge >= 0.3 is 0 Å². The van der Waals surface area contributed by atoms with Crippen LogP contribution in [-0.2, 0) is 0 Å². The molecule has 2 heterocycles. The molecule has 2 N–H and O–H groups in total. The van der Waals surface area contributed by atoms with E-state index in [0.717, 1.165) is 40.8 Å². The van der Waals surface area contributed by atoms with Crippen molar-refractivity contribution in [2.24, 2.45) is 0 Å². The van der Waals surface area contributed by atoms with Gasteiger partial charge in [-0.05, 0) is 93.0 Å². The highest BCUT2D eigenvalue weighted by Gasteiger charge is 2.35. The number of rotatable bonds is 2. The van der Waals surface area contributed by atoms with Crippen LogP contribution in [0.25, 0.3) is 17.2 Å². The Hall–Kier alpha value is -3.57. The van der Waals surface area contributed by atoms with Crippen molar-refractivity contribution in [3.8, 4) is 12.1 Å². The molecule has 0 saturated heterocycles. The Balaban J connectivity index is 1.90. The highest BCUT2D eigenvalue weighted by atomic mass is 15.2. The molecule has 2 aromatic rings. The number of fused-ring (bicyclic) bond motifs is 2. The van der Waals surface area contributed by atoms with Gasteiger partial charge in [0.15, 0.2) is 0 Å². The standard InChI is InChI=1S/C27H29N5/c1-7-32-23-9-8-18(10-19(23)15(2)12-27(32,5)6)11-20-16(3)21(13-28)25-24(20)17(4)22(14-29)26(30)31-25/h8-11,15H,7,12H2,1-6H3,(H2,30,31)/b20-11-. The molecule has 0 saturated carbocycles. The lowest BCUT2D eigenvalue weighted by Crippen LogP contribution is -2.48. The van der Waals surface area contributed by atoms with E-state index in [0.29, 0.717) is 22.7 Å². The van der Waals surface area contributed by atoms with Gasteiger partial charge in [-0.3, -0.25) is 0 Å². The van der Waals surface area contributed by atoms with E-state index in [2.05, 4.69) is 74.0 Å². The number of nitrogens with zero attached hydrogens (tertiary/aromatic N) is 4. The summed E-state index contributed by atoms with van der Waals surface area (Å²) in [6, 6.07) is 11.1. The van der Waals surface area contributed by atoms with Crippen LogP contribution in [0.4, 0.5) is 11.5 Å². The molecule has 0 spiro atoms. The number of hydrogen-bond donors (Lipinski definition) is 1. The van der Waals surface area contributed by atoms with Gasteiger partial charge in [-0.1, -0.05) is 13.0 Å². The summed E-state index contributed by atoms with van der Waals surface area (Å²) < 4.78 is 0. The number of nitrogens with two attached hydrogens (primary N) is 1. The fraction of sp³-hybridized carbons (Fsp3) is 0.370. The molecule has 1 aromatic carbocycles. The van der Waals surface area contributed by atoms with E-state index in [-0.39, 0.29) is 11.4 Å². The zero-order valence-corrected chi connectivity index (χ0v) is 19.7. The molecular formula is C27H29N5. The van der Waals surface area contributed by atoms with Gasteiger partial charge < -0.3 is 10.6 Å². The summed E-state index contributed by atoms with van der Waals surface area (Å²) in [4.78, 5) is 6.91. The molecule has 1 aliphatic carbocycles. The van der Waals surface area contributed by atoms with Gasteiger partial charge in [0, 0.05) is 23.3 Å². The van der Waals surface area contributed by atoms with Crippen molar-refractivity contribution in [3.05, 3.63) is 57.3 Å². The zero-order chi connectivity index (χ0) is 23.4. The van der Waals surface area contributed by atoms with Crippen molar-refractivity contribution < 1.29 is 0 Å². The van der Waals surface area contributed by atoms with E-state index in [1.54, 1.807) is 0 Å². The second-order valence-corrected chi connectivity index (χ2v) is 9.48. The molecule has 0 fully saturated rings. The van der Waals surface area contributed by atoms with E-state index in [9.17, 15) is 10.5 Å². The lowest BCUT2D eigenvalue weighted by molar-refractivity contribution is 0.381. The Kier molecular flexibility index (Phi) is 5.10. The zero-order valence-electron chi connectivity index (χ0n) is 19.7. The van der Waals surface area contributed by atoms with Crippen molar-refractivity contribution in [2.75, 3.05) is 17.2 Å². The molecule has 32 heavy (non-hydrogen) atoms. The minimum absolute atomic E-state index is 0.128. The number of allylic oxidation sites excluding steroid dienone is 3. The lowest BCUT2D eigenvalue weighted by atomic mass is 9.79. The first-order chi connectivity index (χ1) is 15.1. The third-order valence-electron chi connectivity index (χ3n) is 7.02. The second kappa shape index (κ2) is 7.53. The van der Waals surface area contributed by atoms with Crippen LogP contribution in [0.2, 0.25) is 0 Å². The average molecular weight is 424 g/mol. The second-order valence-electron chi connectivity index (χ2n) is 9.48. The molecular weight excluding hydrogens is 394 g/mol. The minimum Gasteiger partial charge on any atom is -0.383 e. The number of hydrogen-bond acceptors (Lipinski definition) is 5. The average Bonchev–Trinajstić information content (AvgIpc) is 2.99. The summed E-state index contributed by atoms with van der Waals surface area (Å²) in [5.74, 6) is 0.632. The maximum Gasteiger partial charge on any atom is 0.142 e. The fourth-order valence-electron chi connectivity index (χ4n) is 5.56. The van der Waals surface area contributed by atoms with Crippen molar-refractivity contribution in [1.82, 2.24) is 4.98 Å². The third-order valence-corrected chi connectivity index (χ3v) is 7.02. The van der Waals surface area contributed by atoms with E-state index >= 15 is 0 Å². The van der Waals surface area contributed by atoms with Crippen LogP contribution >= 0.6 is 0 Å². The first-order valence-electron chi connectivity index (χ1n) is 11.1. The summed E-state index contributed by atoms with van der Waals surface area (Å²) >= 11 is 0. The Morgan fingerprint density at radius 2 is 1.97 bits per heavy atom. The molecule has 0 radical (unpaired) electrons. The summed E-state index contributed by atoms with van der Waals surface area (Å²) in [6.07, 6.45) is 3.22. The van der Waals surface area contributed by atoms with Gasteiger partial charge in [-0.15, -0.1) is 0 Å². The predicted octanol–water partition coefficient (Wildman–Crippen LogP) is 5.81. The monoisotopic (exact) mass is 423 g/mol. The van der Waals surface area contributed by atoms with Gasteiger partial charge in [0.2, 0.25) is 0 Å². The third kappa shape index (κ3) is 3.09. The van der Waals surface area contributed by atoms with Crippen LogP contribution in [0.1, 0.15) is 80.5 Å². The Bertz CT molecular complexity index is 1280. The van der Waals surface area contributed by atoms with E-state index < -0.39 is 0 Å². The van der Waals surface area contributed by atoms with E-state index in [1.807, 2.05) is 13.8 Å². The van der Waals surface area contributed by atoms with Crippen LogP contribution in [0.5, 0.6) is 0 Å². The number of aromatic nitrogens is 1. The summed E-state index contributed by atoms with van der Waals surface area (Å²) in [6.45, 7) is 13.9. The Morgan fingerprint density at radius 3 is 2.59 bits per heavy atom. The fourth-order valence-corrected chi connectivity index (χ4v) is 5.56. The molecule has 5 nitrogen and oxygen atoms in total. The number of benzene rings is 1. The molecule has 0 amide bonds. The van der Waals surface area contributed by atoms with Gasteiger partial charge in [-0.2, -0.15) is 10.5 Å². The quantitative estimate of drug-likeness (QED) is 0.658. The van der Waals surface area contributed by atoms with Crippen molar-refractivity contribution >= 4 is 28.7 Å². The normalized spacial score (nSPS) is 20.1. The molecule has 5 heteroatoms. The Morgan fingerprint density at radius 1 is 1.25 bits per heavy atom. The predicted molar refractivity (Wildman–Crippen MR) is 131 cm³/mol. The number of anilines is 2. The van der Waals surface area contributed by atoms with Gasteiger partial charge in [0.25, 0.3) is 0 Å². The van der Waals surface area contributed by atoms with Crippen molar-refractivity contribution in [3.63, 3.8) is 0 Å². The van der Waals surface area contributed by atoms with Gasteiger partial charge in [-0.25, -0.2) is 4.98 Å². The molecule has 1 aliphatic heterocycles. The lowest BCUT2D eigenvalue weighted by Gasteiger charge is -2.47. The summed E-state index contributed by atoms with van der Waals surface area (Å²) in [5, 5.41) is 19.4. The largest absolute Gasteiger partial charge is 0.383 e. The van der Waals surface area contributed by atoms with Crippen molar-refractivity contribution in [2.45, 2.75) is 59.4 Å². The summed E-state index contributed by atoms with van der Waals surface area (Å²) in [5.41, 5.74) is 14.8. The molecule has 0 bridgehead atoms. The van der Waals surface area contributed by atoms with Crippen LogP contribution < -0.4 is 10.6 Å². The molecule has 162 valence electrons.